The first kappa shape index (κ1) is 13.3. The molecule has 112 valence electrons. The Kier molecular flexibility index (Phi) is 3.04. The van der Waals surface area contributed by atoms with E-state index in [4.69, 9.17) is 4.74 Å². The fourth-order valence-electron chi connectivity index (χ4n) is 4.44. The van der Waals surface area contributed by atoms with Gasteiger partial charge in [0.1, 0.15) is 4.88 Å². The van der Waals surface area contributed by atoms with Crippen LogP contribution >= 0.6 is 11.3 Å². The molecule has 5 rings (SSSR count). The molecule has 3 unspecified atom stereocenters. The summed E-state index contributed by atoms with van der Waals surface area (Å²) < 4.78 is 4.70. The predicted octanol–water partition coefficient (Wildman–Crippen LogP) is 1.72. The highest BCUT2D eigenvalue weighted by Crippen LogP contribution is 2.70. The molecule has 1 heterocycles. The number of anilines is 1. The molecule has 0 saturated heterocycles. The van der Waals surface area contributed by atoms with Gasteiger partial charge in [-0.1, -0.05) is 0 Å². The zero-order chi connectivity index (χ0) is 14.6. The molecule has 0 aliphatic heterocycles. The number of carbonyl (C=O) groups excluding carboxylic acids is 2. The fourth-order valence-corrected chi connectivity index (χ4v) is 5.21. The van der Waals surface area contributed by atoms with Crippen molar-refractivity contribution in [1.82, 2.24) is 5.32 Å². The highest BCUT2D eigenvalue weighted by Gasteiger charge is 2.68. The van der Waals surface area contributed by atoms with Crippen LogP contribution in [-0.4, -0.2) is 31.6 Å². The second-order valence-corrected chi connectivity index (χ2v) is 7.16. The molecule has 4 aliphatic rings. The van der Waals surface area contributed by atoms with Crippen molar-refractivity contribution in [3.63, 3.8) is 0 Å². The Morgan fingerprint density at radius 3 is 2.76 bits per heavy atom. The maximum atomic E-state index is 12.0. The Bertz CT molecular complexity index is 585. The molecule has 0 radical (unpaired) electrons. The lowest BCUT2D eigenvalue weighted by molar-refractivity contribution is -0.115. The van der Waals surface area contributed by atoms with Gasteiger partial charge in [-0.3, -0.25) is 4.79 Å². The van der Waals surface area contributed by atoms with Gasteiger partial charge in [-0.15, -0.1) is 11.3 Å². The molecule has 4 fully saturated rings. The third-order valence-electron chi connectivity index (χ3n) is 5.28. The first-order chi connectivity index (χ1) is 10.2. The number of rotatable bonds is 5. The quantitative estimate of drug-likeness (QED) is 0.813. The third-order valence-corrected chi connectivity index (χ3v) is 6.17. The summed E-state index contributed by atoms with van der Waals surface area (Å²) in [4.78, 5) is 24.1. The van der Waals surface area contributed by atoms with E-state index in [0.717, 1.165) is 23.7 Å². The van der Waals surface area contributed by atoms with E-state index < -0.39 is 5.97 Å². The number of carbonyl (C=O) groups is 2. The molecule has 4 aliphatic carbocycles. The molecular formula is C15H18N2O3S. The van der Waals surface area contributed by atoms with Crippen LogP contribution in [-0.2, 0) is 9.53 Å². The van der Waals surface area contributed by atoms with E-state index in [1.54, 1.807) is 11.4 Å². The van der Waals surface area contributed by atoms with Crippen LogP contribution in [0.1, 0.15) is 22.5 Å². The topological polar surface area (TPSA) is 67.4 Å². The first-order valence-corrected chi connectivity index (χ1v) is 8.26. The van der Waals surface area contributed by atoms with Crippen LogP contribution in [0.25, 0.3) is 0 Å². The van der Waals surface area contributed by atoms with Crippen molar-refractivity contribution in [1.29, 1.82) is 0 Å². The van der Waals surface area contributed by atoms with Gasteiger partial charge in [-0.05, 0) is 48.0 Å². The SMILES string of the molecule is COC(=O)c1sccc1NC(=O)CNC1C2CC3C(C2)C31. The molecule has 1 amide bonds. The average Bonchev–Trinajstić information content (AvgIpc) is 3.01. The van der Waals surface area contributed by atoms with Crippen molar-refractivity contribution < 1.29 is 14.3 Å². The van der Waals surface area contributed by atoms with Crippen LogP contribution in [0.4, 0.5) is 5.69 Å². The summed E-state index contributed by atoms with van der Waals surface area (Å²) in [5, 5.41) is 7.98. The molecule has 21 heavy (non-hydrogen) atoms. The van der Waals surface area contributed by atoms with Crippen molar-refractivity contribution in [3.05, 3.63) is 16.3 Å². The average molecular weight is 306 g/mol. The number of methoxy groups -OCH3 is 1. The minimum atomic E-state index is -0.411. The number of amides is 1. The van der Waals surface area contributed by atoms with Crippen LogP contribution < -0.4 is 10.6 Å². The number of ether oxygens (including phenoxy) is 1. The van der Waals surface area contributed by atoms with E-state index in [1.165, 1.54) is 31.3 Å². The van der Waals surface area contributed by atoms with Gasteiger partial charge in [0.15, 0.2) is 0 Å². The van der Waals surface area contributed by atoms with Gasteiger partial charge >= 0.3 is 5.97 Å². The monoisotopic (exact) mass is 306 g/mol. The normalized spacial score (nSPS) is 34.8. The Morgan fingerprint density at radius 1 is 1.38 bits per heavy atom. The van der Waals surface area contributed by atoms with Crippen LogP contribution in [0.2, 0.25) is 0 Å². The van der Waals surface area contributed by atoms with E-state index in [0.29, 0.717) is 23.2 Å². The van der Waals surface area contributed by atoms with Crippen LogP contribution in [0.3, 0.4) is 0 Å². The Hall–Kier alpha value is -1.40. The molecule has 3 atom stereocenters. The number of hydrogen-bond acceptors (Lipinski definition) is 5. The Morgan fingerprint density at radius 2 is 2.14 bits per heavy atom. The summed E-state index contributed by atoms with van der Waals surface area (Å²) in [6.45, 7) is 0.313. The Labute approximate surface area is 127 Å². The molecule has 4 bridgehead atoms. The van der Waals surface area contributed by atoms with Gasteiger partial charge in [0.2, 0.25) is 5.91 Å². The summed E-state index contributed by atoms with van der Waals surface area (Å²) in [7, 11) is 1.34. The summed E-state index contributed by atoms with van der Waals surface area (Å²) in [5.41, 5.74) is 0.540. The lowest BCUT2D eigenvalue weighted by Crippen LogP contribution is -2.38. The highest BCUT2D eigenvalue weighted by molar-refractivity contribution is 7.12. The van der Waals surface area contributed by atoms with Crippen molar-refractivity contribution in [2.75, 3.05) is 19.0 Å². The zero-order valence-electron chi connectivity index (χ0n) is 11.8. The van der Waals surface area contributed by atoms with Crippen molar-refractivity contribution in [3.8, 4) is 0 Å². The summed E-state index contributed by atoms with van der Waals surface area (Å²) in [6, 6.07) is 2.27. The van der Waals surface area contributed by atoms with Gasteiger partial charge in [-0.25, -0.2) is 4.79 Å². The molecule has 6 heteroatoms. The van der Waals surface area contributed by atoms with E-state index in [-0.39, 0.29) is 5.91 Å². The highest BCUT2D eigenvalue weighted by atomic mass is 32.1. The molecule has 5 nitrogen and oxygen atoms in total. The minimum Gasteiger partial charge on any atom is -0.465 e. The Balaban J connectivity index is 1.32. The van der Waals surface area contributed by atoms with Gasteiger partial charge < -0.3 is 15.4 Å². The minimum absolute atomic E-state index is 0.0974. The predicted molar refractivity (Wildman–Crippen MR) is 79.3 cm³/mol. The standard InChI is InChI=1S/C15H18N2O3S/c1-20-15(19)14-10(2-3-21-14)17-11(18)6-16-13-7-4-8-9(5-7)12(8)13/h2-3,7-9,12-13,16H,4-6H2,1H3,(H,17,18). The second-order valence-electron chi connectivity index (χ2n) is 6.25. The third kappa shape index (κ3) is 2.08. The number of esters is 1. The second kappa shape index (κ2) is 4.81. The first-order valence-electron chi connectivity index (χ1n) is 7.38. The van der Waals surface area contributed by atoms with Crippen molar-refractivity contribution >= 4 is 28.9 Å². The van der Waals surface area contributed by atoms with E-state index in [9.17, 15) is 9.59 Å². The van der Waals surface area contributed by atoms with Crippen molar-refractivity contribution in [2.24, 2.45) is 23.7 Å². The molecule has 4 saturated carbocycles. The zero-order valence-corrected chi connectivity index (χ0v) is 12.6. The van der Waals surface area contributed by atoms with E-state index in [1.807, 2.05) is 0 Å². The maximum absolute atomic E-state index is 12.0. The molecular weight excluding hydrogens is 288 g/mol. The molecule has 0 spiro atoms. The lowest BCUT2D eigenvalue weighted by atomic mass is 10.1. The number of nitrogens with one attached hydrogen (secondary N) is 2. The summed E-state index contributed by atoms with van der Waals surface area (Å²) >= 11 is 1.27. The molecule has 2 N–H and O–H groups in total. The molecule has 1 aromatic rings. The van der Waals surface area contributed by atoms with E-state index in [2.05, 4.69) is 10.6 Å². The smallest absolute Gasteiger partial charge is 0.350 e. The van der Waals surface area contributed by atoms with E-state index >= 15 is 0 Å². The van der Waals surface area contributed by atoms with Gasteiger partial charge in [-0.2, -0.15) is 0 Å². The van der Waals surface area contributed by atoms with Gasteiger partial charge in [0.25, 0.3) is 0 Å². The molecule has 0 aromatic carbocycles. The van der Waals surface area contributed by atoms with Gasteiger partial charge in [0.05, 0.1) is 19.3 Å². The lowest BCUT2D eigenvalue weighted by Gasteiger charge is -2.16. The van der Waals surface area contributed by atoms with Crippen LogP contribution in [0, 0.1) is 23.7 Å². The maximum Gasteiger partial charge on any atom is 0.350 e. The van der Waals surface area contributed by atoms with Crippen molar-refractivity contribution in [2.45, 2.75) is 18.9 Å². The largest absolute Gasteiger partial charge is 0.465 e. The van der Waals surface area contributed by atoms with Gasteiger partial charge in [0, 0.05) is 6.04 Å². The summed E-state index contributed by atoms with van der Waals surface area (Å²) in [5.74, 6) is 2.99. The van der Waals surface area contributed by atoms with Crippen LogP contribution in [0.5, 0.6) is 0 Å². The number of hydrogen-bond donors (Lipinski definition) is 2. The summed E-state index contributed by atoms with van der Waals surface area (Å²) in [6.07, 6.45) is 2.71. The van der Waals surface area contributed by atoms with Crippen LogP contribution in [0.15, 0.2) is 11.4 Å². The fraction of sp³-hybridized carbons (Fsp3) is 0.600. The molecule has 1 aromatic heterocycles. The number of thiophene rings is 1.